The number of carboxylic acids is 1. The molecule has 0 fully saturated rings. The summed E-state index contributed by atoms with van der Waals surface area (Å²) in [6, 6.07) is 10.1. The zero-order valence-electron chi connectivity index (χ0n) is 14.5. The Hall–Kier alpha value is -3.15. The van der Waals surface area contributed by atoms with Crippen LogP contribution in [0.25, 0.3) is 11.6 Å². The summed E-state index contributed by atoms with van der Waals surface area (Å²) in [5.74, 6) is 1.06. The van der Waals surface area contributed by atoms with Gasteiger partial charge in [0.15, 0.2) is 11.5 Å². The molecule has 0 bridgehead atoms. The maximum absolute atomic E-state index is 11.8. The zero-order chi connectivity index (χ0) is 18.4. The van der Waals surface area contributed by atoms with Gasteiger partial charge in [-0.2, -0.15) is 0 Å². The summed E-state index contributed by atoms with van der Waals surface area (Å²) < 4.78 is 20.9. The maximum atomic E-state index is 11.8. The van der Waals surface area contributed by atoms with Crippen molar-refractivity contribution in [1.29, 1.82) is 0 Å². The molecule has 0 atom stereocenters. The molecule has 2 aromatic rings. The summed E-state index contributed by atoms with van der Waals surface area (Å²) in [6.45, 7) is 0. The summed E-state index contributed by atoms with van der Waals surface area (Å²) in [7, 11) is 6.09. The monoisotopic (exact) mass is 344 g/mol. The highest BCUT2D eigenvalue weighted by Crippen LogP contribution is 2.32. The Morgan fingerprint density at radius 2 is 1.44 bits per heavy atom. The van der Waals surface area contributed by atoms with Gasteiger partial charge >= 0.3 is 5.97 Å². The van der Waals surface area contributed by atoms with Gasteiger partial charge in [0.05, 0.1) is 34.0 Å². The molecule has 0 saturated carbocycles. The van der Waals surface area contributed by atoms with E-state index in [1.165, 1.54) is 28.4 Å². The van der Waals surface area contributed by atoms with Gasteiger partial charge in [0.1, 0.15) is 11.5 Å². The molecule has 0 aliphatic carbocycles. The van der Waals surface area contributed by atoms with Gasteiger partial charge in [0.2, 0.25) is 0 Å². The fraction of sp³-hybridized carbons (Fsp3) is 0.211. The molecule has 0 radical (unpaired) electrons. The van der Waals surface area contributed by atoms with E-state index in [0.29, 0.717) is 34.1 Å². The van der Waals surface area contributed by atoms with E-state index in [4.69, 9.17) is 18.9 Å². The third-order valence-corrected chi connectivity index (χ3v) is 3.61. The lowest BCUT2D eigenvalue weighted by atomic mass is 10.0. The number of ether oxygens (including phenoxy) is 4. The maximum Gasteiger partial charge on any atom is 0.336 e. The number of hydrogen-bond donors (Lipinski definition) is 1. The van der Waals surface area contributed by atoms with Gasteiger partial charge in [-0.05, 0) is 41.5 Å². The highest BCUT2D eigenvalue weighted by atomic mass is 16.5. The number of methoxy groups -OCH3 is 4. The predicted molar refractivity (Wildman–Crippen MR) is 94.6 cm³/mol. The van der Waals surface area contributed by atoms with Crippen LogP contribution in [0.15, 0.2) is 36.4 Å². The second kappa shape index (κ2) is 8.10. The van der Waals surface area contributed by atoms with Crippen LogP contribution in [0.2, 0.25) is 0 Å². The summed E-state index contributed by atoms with van der Waals surface area (Å²) in [6.07, 6.45) is 1.55. The van der Waals surface area contributed by atoms with Gasteiger partial charge < -0.3 is 24.1 Å². The van der Waals surface area contributed by atoms with Crippen LogP contribution in [0.1, 0.15) is 11.1 Å². The molecule has 0 aliphatic rings. The smallest absolute Gasteiger partial charge is 0.336 e. The van der Waals surface area contributed by atoms with Crippen LogP contribution in [0.5, 0.6) is 23.0 Å². The van der Waals surface area contributed by atoms with E-state index in [1.807, 2.05) is 0 Å². The SMILES string of the molecule is COc1cc(C=C(C(=O)O)c2ccc(OC)c(OC)c2)cc(OC)c1. The standard InChI is InChI=1S/C19H20O6/c1-22-14-7-12(8-15(11-14)23-2)9-16(19(20)21)13-5-6-17(24-3)18(10-13)25-4/h5-11H,1-4H3,(H,20,21). The number of benzene rings is 2. The average molecular weight is 344 g/mol. The van der Waals surface area contributed by atoms with Crippen molar-refractivity contribution in [3.8, 4) is 23.0 Å². The minimum absolute atomic E-state index is 0.108. The largest absolute Gasteiger partial charge is 0.497 e. The van der Waals surface area contributed by atoms with Gasteiger partial charge in [0, 0.05) is 6.07 Å². The van der Waals surface area contributed by atoms with Gasteiger partial charge in [-0.1, -0.05) is 6.07 Å². The minimum Gasteiger partial charge on any atom is -0.497 e. The number of carboxylic acid groups (broad SMARTS) is 1. The molecule has 132 valence electrons. The van der Waals surface area contributed by atoms with Crippen molar-refractivity contribution >= 4 is 17.6 Å². The van der Waals surface area contributed by atoms with Crippen LogP contribution in [0, 0.1) is 0 Å². The third kappa shape index (κ3) is 4.23. The molecule has 0 heterocycles. The molecule has 0 saturated heterocycles. The van der Waals surface area contributed by atoms with E-state index in [0.717, 1.165) is 0 Å². The number of hydrogen-bond acceptors (Lipinski definition) is 5. The topological polar surface area (TPSA) is 74.2 Å². The van der Waals surface area contributed by atoms with Crippen LogP contribution >= 0.6 is 0 Å². The van der Waals surface area contributed by atoms with Gasteiger partial charge in [0.25, 0.3) is 0 Å². The van der Waals surface area contributed by atoms with Crippen LogP contribution in [0.3, 0.4) is 0 Å². The summed E-state index contributed by atoms with van der Waals surface area (Å²) in [4.78, 5) is 11.8. The molecule has 2 aromatic carbocycles. The van der Waals surface area contributed by atoms with Gasteiger partial charge in [-0.15, -0.1) is 0 Å². The van der Waals surface area contributed by atoms with Crippen molar-refractivity contribution in [2.24, 2.45) is 0 Å². The first kappa shape index (κ1) is 18.2. The molecule has 6 nitrogen and oxygen atoms in total. The summed E-state index contributed by atoms with van der Waals surface area (Å²) in [5.41, 5.74) is 1.24. The fourth-order valence-electron chi connectivity index (χ4n) is 2.35. The molecule has 25 heavy (non-hydrogen) atoms. The Morgan fingerprint density at radius 3 is 1.92 bits per heavy atom. The fourth-order valence-corrected chi connectivity index (χ4v) is 2.35. The number of rotatable bonds is 7. The molecule has 0 spiro atoms. The Kier molecular flexibility index (Phi) is 5.89. The average Bonchev–Trinajstić information content (AvgIpc) is 2.64. The van der Waals surface area contributed by atoms with Crippen molar-refractivity contribution < 1.29 is 28.8 Å². The van der Waals surface area contributed by atoms with Crippen LogP contribution in [0.4, 0.5) is 0 Å². The van der Waals surface area contributed by atoms with Crippen molar-refractivity contribution in [1.82, 2.24) is 0 Å². The van der Waals surface area contributed by atoms with E-state index in [1.54, 1.807) is 42.5 Å². The predicted octanol–water partition coefficient (Wildman–Crippen LogP) is 3.35. The number of carbonyl (C=O) groups is 1. The second-order valence-electron chi connectivity index (χ2n) is 5.08. The molecule has 1 N–H and O–H groups in total. The van der Waals surface area contributed by atoms with Crippen LogP contribution in [-0.2, 0) is 4.79 Å². The lowest BCUT2D eigenvalue weighted by Crippen LogP contribution is -2.01. The van der Waals surface area contributed by atoms with Crippen LogP contribution < -0.4 is 18.9 Å². The molecule has 6 heteroatoms. The van der Waals surface area contributed by atoms with E-state index in [9.17, 15) is 9.90 Å². The lowest BCUT2D eigenvalue weighted by Gasteiger charge is -2.11. The van der Waals surface area contributed by atoms with Crippen molar-refractivity contribution in [3.05, 3.63) is 47.5 Å². The Bertz CT molecular complexity index is 772. The van der Waals surface area contributed by atoms with E-state index in [2.05, 4.69) is 0 Å². The van der Waals surface area contributed by atoms with Crippen LogP contribution in [-0.4, -0.2) is 39.5 Å². The molecule has 0 aromatic heterocycles. The number of aliphatic carboxylic acids is 1. The first-order valence-electron chi connectivity index (χ1n) is 7.42. The van der Waals surface area contributed by atoms with Gasteiger partial charge in [-0.3, -0.25) is 0 Å². The molecular weight excluding hydrogens is 324 g/mol. The molecule has 0 aliphatic heterocycles. The highest BCUT2D eigenvalue weighted by molar-refractivity contribution is 6.20. The first-order valence-corrected chi connectivity index (χ1v) is 7.42. The quantitative estimate of drug-likeness (QED) is 0.613. The first-order chi connectivity index (χ1) is 12.0. The van der Waals surface area contributed by atoms with Crippen molar-refractivity contribution in [2.45, 2.75) is 0 Å². The Balaban J connectivity index is 2.55. The van der Waals surface area contributed by atoms with Gasteiger partial charge in [-0.25, -0.2) is 4.79 Å². The minimum atomic E-state index is -1.06. The highest BCUT2D eigenvalue weighted by Gasteiger charge is 2.14. The van der Waals surface area contributed by atoms with E-state index >= 15 is 0 Å². The summed E-state index contributed by atoms with van der Waals surface area (Å²) >= 11 is 0. The van der Waals surface area contributed by atoms with E-state index in [-0.39, 0.29) is 5.57 Å². The Labute approximate surface area is 146 Å². The van der Waals surface area contributed by atoms with Crippen molar-refractivity contribution in [3.63, 3.8) is 0 Å². The van der Waals surface area contributed by atoms with Crippen molar-refractivity contribution in [2.75, 3.05) is 28.4 Å². The zero-order valence-corrected chi connectivity index (χ0v) is 14.5. The molecule has 0 amide bonds. The Morgan fingerprint density at radius 1 is 0.840 bits per heavy atom. The van der Waals surface area contributed by atoms with E-state index < -0.39 is 5.97 Å². The third-order valence-electron chi connectivity index (χ3n) is 3.61. The lowest BCUT2D eigenvalue weighted by molar-refractivity contribution is -0.130. The molecule has 0 unspecified atom stereocenters. The second-order valence-corrected chi connectivity index (χ2v) is 5.08. The normalized spacial score (nSPS) is 11.0. The molecule has 2 rings (SSSR count). The molecular formula is C19H20O6. The summed E-state index contributed by atoms with van der Waals surface area (Å²) in [5, 5.41) is 9.63.